The lowest BCUT2D eigenvalue weighted by Crippen LogP contribution is -2.33. The first kappa shape index (κ1) is 22.7. The van der Waals surface area contributed by atoms with Gasteiger partial charge in [-0.05, 0) is 53.2 Å². The summed E-state index contributed by atoms with van der Waals surface area (Å²) >= 11 is 0. The lowest BCUT2D eigenvalue weighted by molar-refractivity contribution is -0.158. The van der Waals surface area contributed by atoms with Crippen LogP contribution in [-0.2, 0) is 45.4 Å². The Morgan fingerprint density at radius 2 is 1.00 bits per heavy atom. The van der Waals surface area contributed by atoms with Gasteiger partial charge in [-0.3, -0.25) is 14.4 Å². The van der Waals surface area contributed by atoms with Crippen LogP contribution in [0.25, 0.3) is 0 Å². The third-order valence-electron chi connectivity index (χ3n) is 4.21. The van der Waals surface area contributed by atoms with Crippen molar-refractivity contribution in [3.8, 4) is 0 Å². The molecule has 27 heavy (non-hydrogen) atoms. The number of hydrogen-bond donors (Lipinski definition) is 0. The molecule has 0 saturated carbocycles. The summed E-state index contributed by atoms with van der Waals surface area (Å²) in [6, 6.07) is 5.45. The summed E-state index contributed by atoms with van der Waals surface area (Å²) in [5.41, 5.74) is -0.705. The molecule has 150 valence electrons. The number of carbonyl (C=O) groups is 3. The molecule has 6 nitrogen and oxygen atoms in total. The predicted octanol–water partition coefficient (Wildman–Crippen LogP) is 4.08. The van der Waals surface area contributed by atoms with E-state index < -0.39 is 34.7 Å². The standard InChI is InChI=1S/C21H30O6/c1-13(22)25-19(4,5)16-10-11-17(20(6,7)26-14(2)23)18(12-16)21(8,9)27-15(3)24/h10-12H,1-9H3. The van der Waals surface area contributed by atoms with Crippen LogP contribution in [0.2, 0.25) is 0 Å². The number of ether oxygens (including phenoxy) is 3. The van der Waals surface area contributed by atoms with Crippen molar-refractivity contribution in [1.82, 2.24) is 0 Å². The van der Waals surface area contributed by atoms with Gasteiger partial charge in [0.1, 0.15) is 16.8 Å². The molecule has 0 aliphatic carbocycles. The second kappa shape index (κ2) is 7.71. The van der Waals surface area contributed by atoms with Crippen LogP contribution in [0.3, 0.4) is 0 Å². The average Bonchev–Trinajstić information content (AvgIpc) is 2.42. The molecule has 0 atom stereocenters. The summed E-state index contributed by atoms with van der Waals surface area (Å²) < 4.78 is 16.4. The summed E-state index contributed by atoms with van der Waals surface area (Å²) in [7, 11) is 0. The molecule has 0 aliphatic heterocycles. The quantitative estimate of drug-likeness (QED) is 0.548. The number of esters is 3. The van der Waals surface area contributed by atoms with Crippen LogP contribution in [-0.4, -0.2) is 17.9 Å². The van der Waals surface area contributed by atoms with Gasteiger partial charge in [0, 0.05) is 31.9 Å². The Morgan fingerprint density at radius 3 is 1.41 bits per heavy atom. The van der Waals surface area contributed by atoms with E-state index in [1.807, 2.05) is 18.2 Å². The molecule has 0 heterocycles. The molecule has 0 spiro atoms. The minimum Gasteiger partial charge on any atom is -0.455 e. The van der Waals surface area contributed by atoms with Crippen molar-refractivity contribution in [2.75, 3.05) is 0 Å². The van der Waals surface area contributed by atoms with E-state index in [4.69, 9.17) is 14.2 Å². The summed E-state index contributed by atoms with van der Waals surface area (Å²) in [4.78, 5) is 34.6. The van der Waals surface area contributed by atoms with Gasteiger partial charge in [-0.15, -0.1) is 0 Å². The van der Waals surface area contributed by atoms with E-state index in [1.165, 1.54) is 20.8 Å². The van der Waals surface area contributed by atoms with Crippen molar-refractivity contribution in [1.29, 1.82) is 0 Å². The van der Waals surface area contributed by atoms with E-state index in [-0.39, 0.29) is 0 Å². The van der Waals surface area contributed by atoms with Crippen LogP contribution in [0.5, 0.6) is 0 Å². The van der Waals surface area contributed by atoms with Crippen molar-refractivity contribution in [3.05, 3.63) is 34.9 Å². The van der Waals surface area contributed by atoms with Gasteiger partial charge in [0.15, 0.2) is 0 Å². The van der Waals surface area contributed by atoms with Crippen molar-refractivity contribution >= 4 is 17.9 Å². The monoisotopic (exact) mass is 378 g/mol. The lowest BCUT2D eigenvalue weighted by Gasteiger charge is -2.35. The number of hydrogen-bond acceptors (Lipinski definition) is 6. The fourth-order valence-corrected chi connectivity index (χ4v) is 3.19. The van der Waals surface area contributed by atoms with Crippen LogP contribution < -0.4 is 0 Å². The highest BCUT2D eigenvalue weighted by atomic mass is 16.6. The zero-order valence-corrected chi connectivity index (χ0v) is 17.7. The van der Waals surface area contributed by atoms with Gasteiger partial charge in [-0.1, -0.05) is 12.1 Å². The van der Waals surface area contributed by atoms with Crippen molar-refractivity contribution in [2.24, 2.45) is 0 Å². The molecule has 0 saturated heterocycles. The minimum absolute atomic E-state index is 0.398. The normalized spacial score (nSPS) is 12.3. The Balaban J connectivity index is 3.64. The van der Waals surface area contributed by atoms with Gasteiger partial charge in [0.25, 0.3) is 0 Å². The maximum Gasteiger partial charge on any atom is 0.303 e. The Bertz CT molecular complexity index is 743. The Hall–Kier alpha value is -2.37. The first-order valence-corrected chi connectivity index (χ1v) is 8.83. The molecule has 0 aliphatic rings. The summed E-state index contributed by atoms with van der Waals surface area (Å²) in [5, 5.41) is 0. The van der Waals surface area contributed by atoms with Gasteiger partial charge < -0.3 is 14.2 Å². The fraction of sp³-hybridized carbons (Fsp3) is 0.571. The highest BCUT2D eigenvalue weighted by Crippen LogP contribution is 2.39. The van der Waals surface area contributed by atoms with Gasteiger partial charge in [0.05, 0.1) is 0 Å². The van der Waals surface area contributed by atoms with Crippen LogP contribution in [0.15, 0.2) is 18.2 Å². The van der Waals surface area contributed by atoms with Gasteiger partial charge in [0.2, 0.25) is 0 Å². The molecule has 1 aromatic carbocycles. The fourth-order valence-electron chi connectivity index (χ4n) is 3.19. The second-order valence-electron chi connectivity index (χ2n) is 8.07. The molecule has 1 aromatic rings. The van der Waals surface area contributed by atoms with E-state index >= 15 is 0 Å². The Kier molecular flexibility index (Phi) is 6.47. The smallest absolute Gasteiger partial charge is 0.303 e. The van der Waals surface area contributed by atoms with Gasteiger partial charge in [-0.25, -0.2) is 0 Å². The summed E-state index contributed by atoms with van der Waals surface area (Å²) in [6.45, 7) is 14.7. The highest BCUT2D eigenvalue weighted by molar-refractivity contribution is 5.68. The minimum atomic E-state index is -0.985. The van der Waals surface area contributed by atoms with Crippen LogP contribution in [0.4, 0.5) is 0 Å². The van der Waals surface area contributed by atoms with Gasteiger partial charge >= 0.3 is 17.9 Å². The maximum absolute atomic E-state index is 11.6. The number of carbonyl (C=O) groups excluding carboxylic acids is 3. The Morgan fingerprint density at radius 1 is 0.630 bits per heavy atom. The zero-order chi connectivity index (χ0) is 21.2. The first-order valence-electron chi connectivity index (χ1n) is 8.83. The maximum atomic E-state index is 11.6. The van der Waals surface area contributed by atoms with Crippen LogP contribution >= 0.6 is 0 Å². The number of rotatable bonds is 6. The SMILES string of the molecule is CC(=O)OC(C)(C)c1ccc(C(C)(C)OC(C)=O)c(C(C)(C)OC(C)=O)c1. The molecular weight excluding hydrogens is 348 g/mol. The van der Waals surface area contributed by atoms with Crippen LogP contribution in [0, 0.1) is 0 Å². The molecule has 6 heteroatoms. The van der Waals surface area contributed by atoms with E-state index in [2.05, 4.69) is 0 Å². The molecule has 0 amide bonds. The molecular formula is C21H30O6. The molecule has 0 bridgehead atoms. The second-order valence-corrected chi connectivity index (χ2v) is 8.07. The van der Waals surface area contributed by atoms with Crippen molar-refractivity contribution in [2.45, 2.75) is 79.1 Å². The molecule has 1 rings (SSSR count). The van der Waals surface area contributed by atoms with E-state index in [0.29, 0.717) is 11.1 Å². The van der Waals surface area contributed by atoms with Crippen molar-refractivity contribution in [3.63, 3.8) is 0 Å². The highest BCUT2D eigenvalue weighted by Gasteiger charge is 2.36. The van der Waals surface area contributed by atoms with Crippen LogP contribution in [0.1, 0.15) is 79.0 Å². The average molecular weight is 378 g/mol. The van der Waals surface area contributed by atoms with E-state index in [9.17, 15) is 14.4 Å². The zero-order valence-electron chi connectivity index (χ0n) is 17.7. The Labute approximate surface area is 161 Å². The van der Waals surface area contributed by atoms with E-state index in [1.54, 1.807) is 41.5 Å². The molecule has 0 radical (unpaired) electrons. The van der Waals surface area contributed by atoms with Crippen molar-refractivity contribution < 1.29 is 28.6 Å². The topological polar surface area (TPSA) is 78.9 Å². The van der Waals surface area contributed by atoms with E-state index in [0.717, 1.165) is 5.56 Å². The molecule has 0 fully saturated rings. The largest absolute Gasteiger partial charge is 0.455 e. The third kappa shape index (κ3) is 5.81. The number of benzene rings is 1. The summed E-state index contributed by atoms with van der Waals surface area (Å²) in [5.74, 6) is -1.24. The lowest BCUT2D eigenvalue weighted by atomic mass is 9.82. The third-order valence-corrected chi connectivity index (χ3v) is 4.21. The summed E-state index contributed by atoms with van der Waals surface area (Å²) in [6.07, 6.45) is 0. The molecule has 0 N–H and O–H groups in total. The first-order chi connectivity index (χ1) is 12.1. The molecule has 0 aromatic heterocycles. The predicted molar refractivity (Wildman–Crippen MR) is 101 cm³/mol. The molecule has 0 unspecified atom stereocenters. The van der Waals surface area contributed by atoms with Gasteiger partial charge in [-0.2, -0.15) is 0 Å².